The van der Waals surface area contributed by atoms with Crippen molar-refractivity contribution in [3.05, 3.63) is 0 Å². The van der Waals surface area contributed by atoms with Gasteiger partial charge in [-0.15, -0.1) is 11.8 Å². The molecule has 0 aromatic heterocycles. The van der Waals surface area contributed by atoms with Crippen molar-refractivity contribution >= 4 is 17.7 Å². The van der Waals surface area contributed by atoms with E-state index in [1.165, 1.54) is 11.8 Å². The lowest BCUT2D eigenvalue weighted by atomic mass is 10.1. The Balaban J connectivity index is 4.15. The second kappa shape index (κ2) is 9.59. The van der Waals surface area contributed by atoms with Crippen LogP contribution < -0.4 is 0 Å². The van der Waals surface area contributed by atoms with Crippen LogP contribution in [0.1, 0.15) is 40.5 Å². The summed E-state index contributed by atoms with van der Waals surface area (Å²) >= 11 is 1.28. The maximum Gasteiger partial charge on any atom is 0.319 e. The quantitative estimate of drug-likeness (QED) is 0.598. The summed E-state index contributed by atoms with van der Waals surface area (Å²) in [5.74, 6) is 0.670. The summed E-state index contributed by atoms with van der Waals surface area (Å²) in [6.07, 6.45) is -1.80. The first-order valence-corrected chi connectivity index (χ1v) is 7.44. The molecule has 0 aromatic rings. The van der Waals surface area contributed by atoms with Gasteiger partial charge in [-0.3, -0.25) is 4.79 Å². The summed E-state index contributed by atoms with van der Waals surface area (Å²) in [4.78, 5) is 11.8. The highest BCUT2D eigenvalue weighted by Gasteiger charge is 2.22. The largest absolute Gasteiger partial charge is 0.465 e. The fourth-order valence-corrected chi connectivity index (χ4v) is 2.63. The minimum atomic E-state index is -2.30. The van der Waals surface area contributed by atoms with Gasteiger partial charge in [0.1, 0.15) is 5.25 Å². The van der Waals surface area contributed by atoms with Gasteiger partial charge in [-0.1, -0.05) is 27.7 Å². The third-order valence-corrected chi connectivity index (χ3v) is 3.42. The zero-order valence-electron chi connectivity index (χ0n) is 11.6. The molecule has 1 atom stereocenters. The maximum absolute atomic E-state index is 12.1. The van der Waals surface area contributed by atoms with Gasteiger partial charge in [-0.25, -0.2) is 8.78 Å². The zero-order chi connectivity index (χ0) is 14.1. The molecule has 1 unspecified atom stereocenters. The van der Waals surface area contributed by atoms with Crippen LogP contribution in [0.4, 0.5) is 8.78 Å². The molecule has 0 saturated carbocycles. The van der Waals surface area contributed by atoms with E-state index in [9.17, 15) is 13.6 Å². The van der Waals surface area contributed by atoms with Crippen LogP contribution in [-0.4, -0.2) is 30.0 Å². The van der Waals surface area contributed by atoms with E-state index in [0.29, 0.717) is 30.6 Å². The normalized spacial score (nSPS) is 13.4. The summed E-state index contributed by atoms with van der Waals surface area (Å²) in [7, 11) is 0. The maximum atomic E-state index is 12.1. The van der Waals surface area contributed by atoms with Gasteiger partial charge in [-0.05, 0) is 24.0 Å². The fourth-order valence-electron chi connectivity index (χ4n) is 1.30. The first-order valence-electron chi connectivity index (χ1n) is 6.39. The van der Waals surface area contributed by atoms with E-state index in [4.69, 9.17) is 4.74 Å². The number of rotatable bonds is 9. The molecule has 0 heterocycles. The van der Waals surface area contributed by atoms with Gasteiger partial charge >= 0.3 is 5.97 Å². The average molecular weight is 282 g/mol. The summed E-state index contributed by atoms with van der Waals surface area (Å²) in [6.45, 7) is 8.35. The minimum absolute atomic E-state index is 0.170. The summed E-state index contributed by atoms with van der Waals surface area (Å²) in [5.41, 5.74) is 0. The molecule has 0 aliphatic carbocycles. The molecule has 0 rings (SSSR count). The Bertz CT molecular complexity index is 233. The summed E-state index contributed by atoms with van der Waals surface area (Å²) in [6, 6.07) is 0. The number of ether oxygens (including phenoxy) is 1. The molecule has 0 aliphatic rings. The molecular weight excluding hydrogens is 258 g/mol. The lowest BCUT2D eigenvalue weighted by Crippen LogP contribution is -2.24. The predicted octanol–water partition coefficient (Wildman–Crippen LogP) is 3.99. The molecule has 0 fully saturated rings. The molecule has 0 aromatic carbocycles. The molecule has 5 heteroatoms. The van der Waals surface area contributed by atoms with Gasteiger partial charge in [-0.2, -0.15) is 0 Å². The molecule has 2 nitrogen and oxygen atoms in total. The third-order valence-electron chi connectivity index (χ3n) is 2.16. The van der Waals surface area contributed by atoms with Crippen molar-refractivity contribution in [1.29, 1.82) is 0 Å². The highest BCUT2D eigenvalue weighted by Crippen LogP contribution is 2.22. The number of carbonyl (C=O) groups excluding carboxylic acids is 1. The van der Waals surface area contributed by atoms with Crippen LogP contribution in [-0.2, 0) is 9.53 Å². The fraction of sp³-hybridized carbons (Fsp3) is 0.923. The van der Waals surface area contributed by atoms with Crippen molar-refractivity contribution < 1.29 is 18.3 Å². The van der Waals surface area contributed by atoms with Crippen LogP contribution in [0.2, 0.25) is 0 Å². The summed E-state index contributed by atoms with van der Waals surface area (Å²) in [5, 5.41) is -0.317. The van der Waals surface area contributed by atoms with Gasteiger partial charge in [0, 0.05) is 6.42 Å². The van der Waals surface area contributed by atoms with Gasteiger partial charge in [0.2, 0.25) is 6.43 Å². The van der Waals surface area contributed by atoms with Crippen LogP contribution >= 0.6 is 11.8 Å². The molecule has 0 aliphatic heterocycles. The first-order chi connectivity index (χ1) is 8.32. The Kier molecular flexibility index (Phi) is 9.42. The Morgan fingerprint density at radius 3 is 2.22 bits per heavy atom. The van der Waals surface area contributed by atoms with Crippen LogP contribution in [0.25, 0.3) is 0 Å². The number of alkyl halides is 2. The van der Waals surface area contributed by atoms with Gasteiger partial charge in [0.25, 0.3) is 0 Å². The standard InChI is InChI=1S/C13H24F2O2S/c1-9(2)7-11(18-6-5-12(14)15)13(16)17-8-10(3)4/h9-12H,5-8H2,1-4H3. The Labute approximate surface area is 113 Å². The van der Waals surface area contributed by atoms with Gasteiger partial charge < -0.3 is 4.74 Å². The molecular formula is C13H24F2O2S. The first kappa shape index (κ1) is 17.7. The van der Waals surface area contributed by atoms with Crippen molar-refractivity contribution in [2.24, 2.45) is 11.8 Å². The number of thioether (sulfide) groups is 1. The third kappa shape index (κ3) is 9.68. The van der Waals surface area contributed by atoms with E-state index >= 15 is 0 Å². The van der Waals surface area contributed by atoms with E-state index in [0.717, 1.165) is 0 Å². The Morgan fingerprint density at radius 1 is 1.17 bits per heavy atom. The summed E-state index contributed by atoms with van der Waals surface area (Å²) < 4.78 is 29.3. The Morgan fingerprint density at radius 2 is 1.78 bits per heavy atom. The molecule has 0 spiro atoms. The molecule has 108 valence electrons. The molecule has 0 radical (unpaired) electrons. The van der Waals surface area contributed by atoms with E-state index in [-0.39, 0.29) is 17.6 Å². The van der Waals surface area contributed by atoms with Gasteiger partial charge in [0.15, 0.2) is 0 Å². The van der Waals surface area contributed by atoms with Crippen LogP contribution in [0, 0.1) is 11.8 Å². The molecule has 0 N–H and O–H groups in total. The Hall–Kier alpha value is -0.320. The van der Waals surface area contributed by atoms with E-state index in [1.54, 1.807) is 0 Å². The van der Waals surface area contributed by atoms with Crippen molar-refractivity contribution in [3.63, 3.8) is 0 Å². The minimum Gasteiger partial charge on any atom is -0.465 e. The number of hydrogen-bond donors (Lipinski definition) is 0. The van der Waals surface area contributed by atoms with Gasteiger partial charge in [0.05, 0.1) is 6.61 Å². The number of carbonyl (C=O) groups is 1. The lowest BCUT2D eigenvalue weighted by molar-refractivity contribution is -0.144. The highest BCUT2D eigenvalue weighted by atomic mass is 32.2. The second-order valence-electron chi connectivity index (χ2n) is 5.19. The lowest BCUT2D eigenvalue weighted by Gasteiger charge is -2.18. The number of halogens is 2. The van der Waals surface area contributed by atoms with Crippen molar-refractivity contribution in [1.82, 2.24) is 0 Å². The van der Waals surface area contributed by atoms with Crippen molar-refractivity contribution in [2.75, 3.05) is 12.4 Å². The van der Waals surface area contributed by atoms with Crippen molar-refractivity contribution in [3.8, 4) is 0 Å². The predicted molar refractivity (Wildman–Crippen MR) is 72.1 cm³/mol. The second-order valence-corrected chi connectivity index (χ2v) is 6.50. The smallest absolute Gasteiger partial charge is 0.319 e. The number of esters is 1. The average Bonchev–Trinajstić information content (AvgIpc) is 2.23. The van der Waals surface area contributed by atoms with Crippen LogP contribution in [0.5, 0.6) is 0 Å². The molecule has 18 heavy (non-hydrogen) atoms. The SMILES string of the molecule is CC(C)COC(=O)C(CC(C)C)SCCC(F)F. The molecule has 0 saturated heterocycles. The van der Waals surface area contributed by atoms with Crippen LogP contribution in [0.3, 0.4) is 0 Å². The monoisotopic (exact) mass is 282 g/mol. The topological polar surface area (TPSA) is 26.3 Å². The molecule has 0 amide bonds. The van der Waals surface area contributed by atoms with E-state index in [2.05, 4.69) is 0 Å². The highest BCUT2D eigenvalue weighted by molar-refractivity contribution is 8.00. The van der Waals surface area contributed by atoms with E-state index in [1.807, 2.05) is 27.7 Å². The van der Waals surface area contributed by atoms with E-state index < -0.39 is 6.43 Å². The van der Waals surface area contributed by atoms with Crippen molar-refractivity contribution in [2.45, 2.75) is 52.2 Å². The van der Waals surface area contributed by atoms with Crippen LogP contribution in [0.15, 0.2) is 0 Å². The zero-order valence-corrected chi connectivity index (χ0v) is 12.4. The number of hydrogen-bond acceptors (Lipinski definition) is 3. The molecule has 0 bridgehead atoms.